The van der Waals surface area contributed by atoms with Crippen LogP contribution in [0.15, 0.2) is 73.4 Å². The van der Waals surface area contributed by atoms with Crippen LogP contribution in [0, 0.1) is 0 Å². The normalized spacial score (nSPS) is 13.3. The number of hydrogen-bond donors (Lipinski definition) is 2. The monoisotopic (exact) mass is 404 g/mol. The van der Waals surface area contributed by atoms with E-state index in [1.54, 1.807) is 17.7 Å². The van der Waals surface area contributed by atoms with E-state index in [1.807, 2.05) is 47.3 Å². The van der Waals surface area contributed by atoms with E-state index in [9.17, 15) is 9.90 Å². The number of fused-ring (bicyclic) bond motifs is 1. The van der Waals surface area contributed by atoms with Crippen molar-refractivity contribution in [2.24, 2.45) is 5.73 Å². The maximum absolute atomic E-state index is 11.3. The van der Waals surface area contributed by atoms with Gasteiger partial charge in [0.05, 0.1) is 30.8 Å². The number of rotatable bonds is 8. The molecule has 2 aromatic heterocycles. The van der Waals surface area contributed by atoms with Crippen molar-refractivity contribution in [3.8, 4) is 11.4 Å². The quantitative estimate of drug-likeness (QED) is 0.471. The Bertz CT molecular complexity index is 1150. The lowest BCUT2D eigenvalue weighted by Crippen LogP contribution is -2.23. The summed E-state index contributed by atoms with van der Waals surface area (Å²) in [5, 5.41) is 12.5. The molecule has 0 aliphatic heterocycles. The van der Waals surface area contributed by atoms with Gasteiger partial charge in [0, 0.05) is 25.0 Å². The summed E-state index contributed by atoms with van der Waals surface area (Å²) >= 11 is 0. The van der Waals surface area contributed by atoms with Gasteiger partial charge in [-0.25, -0.2) is 4.98 Å². The van der Waals surface area contributed by atoms with Gasteiger partial charge in [-0.2, -0.15) is 0 Å². The number of hydrogen-bond acceptors (Lipinski definition) is 4. The lowest BCUT2D eigenvalue weighted by Gasteiger charge is -2.22. The van der Waals surface area contributed by atoms with E-state index in [4.69, 9.17) is 10.5 Å². The van der Waals surface area contributed by atoms with Gasteiger partial charge in [-0.05, 0) is 42.0 Å². The van der Waals surface area contributed by atoms with Crippen molar-refractivity contribution in [2.75, 3.05) is 6.61 Å². The maximum atomic E-state index is 11.3. The minimum absolute atomic E-state index is 0.172. The highest BCUT2D eigenvalue weighted by molar-refractivity contribution is 5.90. The highest BCUT2D eigenvalue weighted by atomic mass is 16.5. The van der Waals surface area contributed by atoms with E-state index >= 15 is 0 Å². The summed E-state index contributed by atoms with van der Waals surface area (Å²) < 4.78 is 9.89. The number of aliphatic hydroxyl groups excluding tert-OH is 1. The second-order valence-electron chi connectivity index (χ2n) is 7.27. The molecule has 4 aromatic rings. The molecule has 0 saturated carbocycles. The molecule has 3 N–H and O–H groups in total. The van der Waals surface area contributed by atoms with Crippen LogP contribution in [0.2, 0.25) is 0 Å². The van der Waals surface area contributed by atoms with Crippen LogP contribution >= 0.6 is 0 Å². The van der Waals surface area contributed by atoms with Gasteiger partial charge in [-0.3, -0.25) is 4.79 Å². The molecule has 0 aliphatic carbocycles. The zero-order valence-corrected chi connectivity index (χ0v) is 16.7. The third-order valence-electron chi connectivity index (χ3n) is 5.17. The van der Waals surface area contributed by atoms with Crippen LogP contribution in [-0.4, -0.2) is 37.8 Å². The number of carbonyl (C=O) groups is 1. The molecule has 2 aromatic carbocycles. The highest BCUT2D eigenvalue weighted by Gasteiger charge is 2.19. The lowest BCUT2D eigenvalue weighted by atomic mass is 10.1. The number of nitrogens with zero attached hydrogens (tertiary/aromatic N) is 3. The number of nitrogens with two attached hydrogens (primary N) is 1. The van der Waals surface area contributed by atoms with E-state index in [0.29, 0.717) is 13.0 Å². The standard InChI is InChI=1S/C23H24N4O3/c1-16(28)20(27-14-19(23(24)29)25-15-27)8-11-30-22-13-18-7-3-2-6-17(18)12-21(22)26-9-4-5-10-26/h2-7,9-10,12-16,20,28H,8,11H2,1H3,(H2,24,29)/t16-,20+/m0/s1. The number of benzene rings is 2. The van der Waals surface area contributed by atoms with Crippen molar-refractivity contribution in [1.29, 1.82) is 0 Å². The van der Waals surface area contributed by atoms with E-state index in [1.165, 1.54) is 6.33 Å². The van der Waals surface area contributed by atoms with Crippen molar-refractivity contribution in [3.05, 3.63) is 79.1 Å². The SMILES string of the molecule is C[C@H](O)[C@@H](CCOc1cc2ccccc2cc1-n1cccc1)n1cnc(C(N)=O)c1. The van der Waals surface area contributed by atoms with Crippen molar-refractivity contribution >= 4 is 16.7 Å². The molecule has 1 amide bonds. The fourth-order valence-electron chi connectivity index (χ4n) is 3.59. The van der Waals surface area contributed by atoms with Crippen LogP contribution in [0.5, 0.6) is 5.75 Å². The summed E-state index contributed by atoms with van der Waals surface area (Å²) in [5.74, 6) is 0.166. The Morgan fingerprint density at radius 2 is 1.87 bits per heavy atom. The first kappa shape index (κ1) is 19.7. The Balaban J connectivity index is 1.56. The van der Waals surface area contributed by atoms with Crippen molar-refractivity contribution in [2.45, 2.75) is 25.5 Å². The molecule has 4 rings (SSSR count). The topological polar surface area (TPSA) is 95.3 Å². The predicted octanol–water partition coefficient (Wildman–Crippen LogP) is 3.32. The van der Waals surface area contributed by atoms with E-state index in [2.05, 4.69) is 23.2 Å². The highest BCUT2D eigenvalue weighted by Crippen LogP contribution is 2.30. The summed E-state index contributed by atoms with van der Waals surface area (Å²) in [7, 11) is 0. The van der Waals surface area contributed by atoms with Gasteiger partial charge < -0.3 is 24.7 Å². The zero-order chi connectivity index (χ0) is 21.1. The Hall–Kier alpha value is -3.58. The van der Waals surface area contributed by atoms with Gasteiger partial charge in [0.2, 0.25) is 0 Å². The van der Waals surface area contributed by atoms with Crippen LogP contribution in [0.25, 0.3) is 16.5 Å². The van der Waals surface area contributed by atoms with E-state index < -0.39 is 12.0 Å². The second kappa shape index (κ2) is 8.42. The second-order valence-corrected chi connectivity index (χ2v) is 7.27. The molecule has 0 aliphatic rings. The number of amides is 1. The third-order valence-corrected chi connectivity index (χ3v) is 5.17. The summed E-state index contributed by atoms with van der Waals surface area (Å²) in [6.45, 7) is 2.09. The van der Waals surface area contributed by atoms with Gasteiger partial charge in [0.25, 0.3) is 5.91 Å². The molecular weight excluding hydrogens is 380 g/mol. The van der Waals surface area contributed by atoms with E-state index in [0.717, 1.165) is 22.2 Å². The summed E-state index contributed by atoms with van der Waals surface area (Å²) in [6, 6.07) is 15.9. The lowest BCUT2D eigenvalue weighted by molar-refractivity contribution is 0.0993. The van der Waals surface area contributed by atoms with Crippen molar-refractivity contribution in [1.82, 2.24) is 14.1 Å². The Kier molecular flexibility index (Phi) is 5.54. The number of aromatic nitrogens is 3. The molecular formula is C23H24N4O3. The molecule has 0 radical (unpaired) electrons. The average molecular weight is 404 g/mol. The first-order valence-corrected chi connectivity index (χ1v) is 9.83. The van der Waals surface area contributed by atoms with Crippen molar-refractivity contribution in [3.63, 3.8) is 0 Å². The molecule has 0 bridgehead atoms. The number of primary amides is 1. The molecule has 154 valence electrons. The number of imidazole rings is 1. The minimum Gasteiger partial charge on any atom is -0.491 e. The summed E-state index contributed by atoms with van der Waals surface area (Å²) in [6.07, 6.45) is 6.91. The largest absolute Gasteiger partial charge is 0.491 e. The average Bonchev–Trinajstić information content (AvgIpc) is 3.42. The Morgan fingerprint density at radius 1 is 1.17 bits per heavy atom. The maximum Gasteiger partial charge on any atom is 0.268 e. The number of aliphatic hydroxyl groups is 1. The number of ether oxygens (including phenoxy) is 1. The van der Waals surface area contributed by atoms with Crippen LogP contribution in [0.3, 0.4) is 0 Å². The summed E-state index contributed by atoms with van der Waals surface area (Å²) in [5.41, 5.74) is 6.41. The minimum atomic E-state index is -0.649. The molecule has 30 heavy (non-hydrogen) atoms. The van der Waals surface area contributed by atoms with Gasteiger partial charge in [-0.15, -0.1) is 0 Å². The zero-order valence-electron chi connectivity index (χ0n) is 16.7. The fraction of sp³-hybridized carbons (Fsp3) is 0.217. The Morgan fingerprint density at radius 3 is 2.50 bits per heavy atom. The first-order chi connectivity index (χ1) is 14.5. The predicted molar refractivity (Wildman–Crippen MR) is 115 cm³/mol. The molecule has 7 nitrogen and oxygen atoms in total. The molecule has 7 heteroatoms. The van der Waals surface area contributed by atoms with Crippen molar-refractivity contribution < 1.29 is 14.6 Å². The number of carbonyl (C=O) groups excluding carboxylic acids is 1. The molecule has 0 spiro atoms. The third kappa shape index (κ3) is 4.06. The van der Waals surface area contributed by atoms with Gasteiger partial charge >= 0.3 is 0 Å². The molecule has 0 fully saturated rings. The summed E-state index contributed by atoms with van der Waals surface area (Å²) in [4.78, 5) is 15.3. The fourth-order valence-corrected chi connectivity index (χ4v) is 3.59. The first-order valence-electron chi connectivity index (χ1n) is 9.83. The van der Waals surface area contributed by atoms with Gasteiger partial charge in [0.1, 0.15) is 11.4 Å². The molecule has 0 saturated heterocycles. The van der Waals surface area contributed by atoms with Crippen LogP contribution < -0.4 is 10.5 Å². The molecule has 0 unspecified atom stereocenters. The smallest absolute Gasteiger partial charge is 0.268 e. The van der Waals surface area contributed by atoms with Crippen LogP contribution in [0.1, 0.15) is 29.9 Å². The molecule has 2 atom stereocenters. The molecule has 2 heterocycles. The van der Waals surface area contributed by atoms with E-state index in [-0.39, 0.29) is 11.7 Å². The van der Waals surface area contributed by atoms with Crippen LogP contribution in [0.4, 0.5) is 0 Å². The van der Waals surface area contributed by atoms with Gasteiger partial charge in [0.15, 0.2) is 0 Å². The Labute approximate surface area is 174 Å². The van der Waals surface area contributed by atoms with Crippen LogP contribution in [-0.2, 0) is 0 Å². The van der Waals surface area contributed by atoms with Gasteiger partial charge in [-0.1, -0.05) is 24.3 Å².